The van der Waals surface area contributed by atoms with E-state index in [0.29, 0.717) is 23.9 Å². The summed E-state index contributed by atoms with van der Waals surface area (Å²) in [7, 11) is 0. The summed E-state index contributed by atoms with van der Waals surface area (Å²) < 4.78 is 0. The fraction of sp³-hybridized carbons (Fsp3) is 0.375. The van der Waals surface area contributed by atoms with Crippen molar-refractivity contribution in [2.75, 3.05) is 5.32 Å². The Hall–Kier alpha value is -2.50. The molecule has 0 saturated carbocycles. The van der Waals surface area contributed by atoms with Crippen molar-refractivity contribution in [1.29, 1.82) is 0 Å². The summed E-state index contributed by atoms with van der Waals surface area (Å²) in [5, 5.41) is 6.11. The van der Waals surface area contributed by atoms with Crippen molar-refractivity contribution in [3.8, 4) is 0 Å². The zero-order valence-electron chi connectivity index (χ0n) is 13.1. The molecule has 0 bridgehead atoms. The first-order valence-electron chi connectivity index (χ1n) is 7.37. The molecule has 0 aliphatic heterocycles. The standard InChI is InChI=1S/C16H21N5O/c1-4-11(2)19-16(22)14-9-15(21-12(3)20-14)18-10-13-5-7-17-8-6-13/h5-9,11H,4,10H2,1-3H3,(H,19,22)(H,18,20,21). The molecule has 0 spiro atoms. The van der Waals surface area contributed by atoms with Gasteiger partial charge in [0.05, 0.1) is 0 Å². The Morgan fingerprint density at radius 3 is 2.68 bits per heavy atom. The van der Waals surface area contributed by atoms with Crippen LogP contribution in [-0.4, -0.2) is 26.9 Å². The number of rotatable bonds is 6. The highest BCUT2D eigenvalue weighted by molar-refractivity contribution is 5.93. The molecule has 0 aliphatic rings. The summed E-state index contributed by atoms with van der Waals surface area (Å²) in [4.78, 5) is 24.7. The van der Waals surface area contributed by atoms with Crippen molar-refractivity contribution in [3.63, 3.8) is 0 Å². The molecule has 2 aromatic rings. The van der Waals surface area contributed by atoms with Crippen LogP contribution in [0.2, 0.25) is 0 Å². The predicted molar refractivity (Wildman–Crippen MR) is 85.6 cm³/mol. The Bertz CT molecular complexity index is 630. The minimum atomic E-state index is -0.174. The smallest absolute Gasteiger partial charge is 0.270 e. The number of hydrogen-bond donors (Lipinski definition) is 2. The van der Waals surface area contributed by atoms with Crippen LogP contribution in [0.1, 0.15) is 42.1 Å². The van der Waals surface area contributed by atoms with Gasteiger partial charge >= 0.3 is 0 Å². The van der Waals surface area contributed by atoms with Crippen LogP contribution in [0.25, 0.3) is 0 Å². The van der Waals surface area contributed by atoms with Gasteiger partial charge in [-0.05, 0) is 38.0 Å². The highest BCUT2D eigenvalue weighted by Crippen LogP contribution is 2.09. The van der Waals surface area contributed by atoms with E-state index < -0.39 is 0 Å². The lowest BCUT2D eigenvalue weighted by molar-refractivity contribution is 0.0934. The Balaban J connectivity index is 2.08. The van der Waals surface area contributed by atoms with Gasteiger partial charge in [-0.1, -0.05) is 6.92 Å². The van der Waals surface area contributed by atoms with Gasteiger partial charge in [-0.3, -0.25) is 9.78 Å². The monoisotopic (exact) mass is 299 g/mol. The zero-order chi connectivity index (χ0) is 15.9. The quantitative estimate of drug-likeness (QED) is 0.855. The van der Waals surface area contributed by atoms with Gasteiger partial charge in [-0.15, -0.1) is 0 Å². The van der Waals surface area contributed by atoms with E-state index in [0.717, 1.165) is 12.0 Å². The number of hydrogen-bond acceptors (Lipinski definition) is 5. The van der Waals surface area contributed by atoms with E-state index >= 15 is 0 Å². The summed E-state index contributed by atoms with van der Waals surface area (Å²) in [5.41, 5.74) is 1.47. The fourth-order valence-electron chi connectivity index (χ4n) is 1.87. The number of nitrogens with one attached hydrogen (secondary N) is 2. The fourth-order valence-corrected chi connectivity index (χ4v) is 1.87. The molecular weight excluding hydrogens is 278 g/mol. The lowest BCUT2D eigenvalue weighted by Crippen LogP contribution is -2.32. The second-order valence-electron chi connectivity index (χ2n) is 5.18. The molecular formula is C16H21N5O. The molecule has 0 aliphatic carbocycles. The lowest BCUT2D eigenvalue weighted by Gasteiger charge is -2.12. The Morgan fingerprint density at radius 2 is 2.00 bits per heavy atom. The van der Waals surface area contributed by atoms with Crippen LogP contribution < -0.4 is 10.6 Å². The zero-order valence-corrected chi connectivity index (χ0v) is 13.1. The summed E-state index contributed by atoms with van der Waals surface area (Å²) in [6.45, 7) is 6.38. The van der Waals surface area contributed by atoms with Gasteiger partial charge in [0.15, 0.2) is 0 Å². The van der Waals surface area contributed by atoms with Gasteiger partial charge in [0.1, 0.15) is 17.3 Å². The summed E-state index contributed by atoms with van der Waals surface area (Å²) in [6.07, 6.45) is 4.36. The first-order valence-corrected chi connectivity index (χ1v) is 7.37. The van der Waals surface area contributed by atoms with Crippen LogP contribution >= 0.6 is 0 Å². The molecule has 2 aromatic heterocycles. The van der Waals surface area contributed by atoms with Gasteiger partial charge in [0.25, 0.3) is 5.91 Å². The molecule has 22 heavy (non-hydrogen) atoms. The van der Waals surface area contributed by atoms with Crippen LogP contribution in [0, 0.1) is 6.92 Å². The molecule has 6 nitrogen and oxygen atoms in total. The first kappa shape index (κ1) is 15.9. The minimum absolute atomic E-state index is 0.121. The molecule has 0 saturated heterocycles. The van der Waals surface area contributed by atoms with Crippen molar-refractivity contribution >= 4 is 11.7 Å². The Labute approximate surface area is 130 Å². The van der Waals surface area contributed by atoms with Gasteiger partial charge in [-0.2, -0.15) is 0 Å². The van der Waals surface area contributed by atoms with Crippen LogP contribution in [-0.2, 0) is 6.54 Å². The van der Waals surface area contributed by atoms with E-state index in [2.05, 4.69) is 25.6 Å². The average molecular weight is 299 g/mol. The second kappa shape index (κ2) is 7.49. The van der Waals surface area contributed by atoms with E-state index in [9.17, 15) is 4.79 Å². The van der Waals surface area contributed by atoms with Crippen molar-refractivity contribution in [1.82, 2.24) is 20.3 Å². The maximum atomic E-state index is 12.2. The van der Waals surface area contributed by atoms with Gasteiger partial charge < -0.3 is 10.6 Å². The number of aryl methyl sites for hydroxylation is 1. The highest BCUT2D eigenvalue weighted by atomic mass is 16.1. The molecule has 1 unspecified atom stereocenters. The topological polar surface area (TPSA) is 79.8 Å². The molecule has 1 atom stereocenters. The number of nitrogens with zero attached hydrogens (tertiary/aromatic N) is 3. The third kappa shape index (κ3) is 4.51. The normalized spacial score (nSPS) is 11.8. The molecule has 2 rings (SSSR count). The SMILES string of the molecule is CCC(C)NC(=O)c1cc(NCc2ccncc2)nc(C)n1. The van der Waals surface area contributed by atoms with Crippen LogP contribution in [0.4, 0.5) is 5.82 Å². The number of pyridine rings is 1. The Morgan fingerprint density at radius 1 is 1.27 bits per heavy atom. The third-order valence-corrected chi connectivity index (χ3v) is 3.28. The van der Waals surface area contributed by atoms with Crippen molar-refractivity contribution in [2.24, 2.45) is 0 Å². The van der Waals surface area contributed by atoms with Crippen molar-refractivity contribution in [2.45, 2.75) is 39.8 Å². The van der Waals surface area contributed by atoms with Gasteiger partial charge in [0.2, 0.25) is 0 Å². The van der Waals surface area contributed by atoms with Crippen LogP contribution in [0.3, 0.4) is 0 Å². The van der Waals surface area contributed by atoms with E-state index in [1.807, 2.05) is 26.0 Å². The van der Waals surface area contributed by atoms with Crippen LogP contribution in [0.15, 0.2) is 30.6 Å². The largest absolute Gasteiger partial charge is 0.366 e. The molecule has 1 amide bonds. The molecule has 0 radical (unpaired) electrons. The minimum Gasteiger partial charge on any atom is -0.366 e. The summed E-state index contributed by atoms with van der Waals surface area (Å²) in [6, 6.07) is 5.65. The van der Waals surface area contributed by atoms with E-state index in [4.69, 9.17) is 0 Å². The van der Waals surface area contributed by atoms with Crippen LogP contribution in [0.5, 0.6) is 0 Å². The van der Waals surface area contributed by atoms with E-state index in [1.54, 1.807) is 25.4 Å². The van der Waals surface area contributed by atoms with Crippen molar-refractivity contribution in [3.05, 3.63) is 47.7 Å². The molecule has 0 aromatic carbocycles. The highest BCUT2D eigenvalue weighted by Gasteiger charge is 2.12. The third-order valence-electron chi connectivity index (χ3n) is 3.28. The molecule has 116 valence electrons. The maximum absolute atomic E-state index is 12.2. The summed E-state index contributed by atoms with van der Waals surface area (Å²) >= 11 is 0. The number of carbonyl (C=O) groups excluding carboxylic acids is 1. The van der Waals surface area contributed by atoms with E-state index in [-0.39, 0.29) is 11.9 Å². The maximum Gasteiger partial charge on any atom is 0.270 e. The average Bonchev–Trinajstić information content (AvgIpc) is 2.53. The number of carbonyl (C=O) groups is 1. The number of anilines is 1. The van der Waals surface area contributed by atoms with E-state index in [1.165, 1.54) is 0 Å². The molecule has 0 fully saturated rings. The van der Waals surface area contributed by atoms with Crippen molar-refractivity contribution < 1.29 is 4.79 Å². The van der Waals surface area contributed by atoms with Gasteiger partial charge in [0, 0.05) is 31.0 Å². The Kier molecular flexibility index (Phi) is 5.41. The van der Waals surface area contributed by atoms with Gasteiger partial charge in [-0.25, -0.2) is 9.97 Å². The molecule has 6 heteroatoms. The molecule has 2 N–H and O–H groups in total. The number of amides is 1. The molecule has 2 heterocycles. The number of aromatic nitrogens is 3. The summed E-state index contributed by atoms with van der Waals surface area (Å²) in [5.74, 6) is 1.03. The first-order chi connectivity index (χ1) is 10.6. The second-order valence-corrected chi connectivity index (χ2v) is 5.18. The predicted octanol–water partition coefficient (Wildman–Crippen LogP) is 2.32. The lowest BCUT2D eigenvalue weighted by atomic mass is 10.2.